The van der Waals surface area contributed by atoms with Crippen molar-refractivity contribution < 1.29 is 9.59 Å². The molecule has 0 spiro atoms. The zero-order chi connectivity index (χ0) is 21.8. The third kappa shape index (κ3) is 4.62. The fraction of sp³-hybridized carbons (Fsp3) is 0.0435. The van der Waals surface area contributed by atoms with E-state index in [-0.39, 0.29) is 11.7 Å². The van der Waals surface area contributed by atoms with Crippen LogP contribution < -0.4 is 10.6 Å². The third-order valence-electron chi connectivity index (χ3n) is 4.38. The monoisotopic (exact) mass is 431 g/mol. The van der Waals surface area contributed by atoms with Crippen LogP contribution in [-0.4, -0.2) is 26.6 Å². The smallest absolute Gasteiger partial charge is 0.295 e. The van der Waals surface area contributed by atoms with Crippen LogP contribution in [0.1, 0.15) is 17.5 Å². The molecule has 1 aromatic heterocycles. The van der Waals surface area contributed by atoms with Gasteiger partial charge in [0, 0.05) is 17.5 Å². The molecule has 4 aromatic rings. The summed E-state index contributed by atoms with van der Waals surface area (Å²) < 4.78 is 1.62. The third-order valence-corrected chi connectivity index (χ3v) is 4.62. The maximum Gasteiger partial charge on any atom is 0.295 e. The zero-order valence-electron chi connectivity index (χ0n) is 16.5. The molecule has 0 saturated heterocycles. The standard InChI is InChI=1S/C23H18ClN5O2/c1-15(30)25-19-13-12-17(24)14-20(19)26-23(31)21-27-22(16-8-4-2-5-9-16)29(28-21)18-10-6-3-7-11-18/h2-14H,1H3,(H,25,30)(H,26,31). The molecule has 154 valence electrons. The summed E-state index contributed by atoms with van der Waals surface area (Å²) in [6.45, 7) is 1.38. The number of amides is 2. The van der Waals surface area contributed by atoms with E-state index in [2.05, 4.69) is 20.7 Å². The fourth-order valence-electron chi connectivity index (χ4n) is 3.03. The summed E-state index contributed by atoms with van der Waals surface area (Å²) in [6.07, 6.45) is 0. The largest absolute Gasteiger partial charge is 0.325 e. The van der Waals surface area contributed by atoms with Crippen LogP contribution in [0.5, 0.6) is 0 Å². The van der Waals surface area contributed by atoms with Crippen molar-refractivity contribution in [3.8, 4) is 17.1 Å². The second-order valence-corrected chi connectivity index (χ2v) is 7.13. The predicted molar refractivity (Wildman–Crippen MR) is 121 cm³/mol. The van der Waals surface area contributed by atoms with Gasteiger partial charge in [0.05, 0.1) is 17.1 Å². The van der Waals surface area contributed by atoms with Crippen molar-refractivity contribution >= 4 is 34.8 Å². The number of rotatable bonds is 5. The average molecular weight is 432 g/mol. The highest BCUT2D eigenvalue weighted by Crippen LogP contribution is 2.27. The molecule has 4 rings (SSSR count). The molecule has 0 unspecified atom stereocenters. The molecule has 0 saturated carbocycles. The lowest BCUT2D eigenvalue weighted by Crippen LogP contribution is -2.16. The number of nitrogens with one attached hydrogen (secondary N) is 2. The Morgan fingerprint density at radius 2 is 1.55 bits per heavy atom. The molecular formula is C23H18ClN5O2. The molecule has 0 atom stereocenters. The Labute approximate surface area is 183 Å². The van der Waals surface area contributed by atoms with Gasteiger partial charge in [0.1, 0.15) is 0 Å². The summed E-state index contributed by atoms with van der Waals surface area (Å²) in [5.41, 5.74) is 2.37. The number of anilines is 2. The van der Waals surface area contributed by atoms with Gasteiger partial charge in [-0.25, -0.2) is 9.67 Å². The molecule has 7 nitrogen and oxygen atoms in total. The van der Waals surface area contributed by atoms with Gasteiger partial charge in [-0.1, -0.05) is 60.1 Å². The van der Waals surface area contributed by atoms with Crippen molar-refractivity contribution in [3.05, 3.63) is 89.7 Å². The van der Waals surface area contributed by atoms with E-state index in [1.54, 1.807) is 22.9 Å². The highest BCUT2D eigenvalue weighted by molar-refractivity contribution is 6.31. The molecule has 2 N–H and O–H groups in total. The van der Waals surface area contributed by atoms with E-state index in [1.165, 1.54) is 6.92 Å². The Hall–Kier alpha value is -3.97. The number of carbonyl (C=O) groups excluding carboxylic acids is 2. The van der Waals surface area contributed by atoms with Crippen molar-refractivity contribution in [2.75, 3.05) is 10.6 Å². The number of para-hydroxylation sites is 1. The number of aromatic nitrogens is 3. The Morgan fingerprint density at radius 3 is 2.23 bits per heavy atom. The Balaban J connectivity index is 1.72. The van der Waals surface area contributed by atoms with Crippen LogP contribution in [0.4, 0.5) is 11.4 Å². The Morgan fingerprint density at radius 1 is 0.871 bits per heavy atom. The maximum atomic E-state index is 13.0. The Bertz CT molecular complexity index is 1180. The first kappa shape index (κ1) is 20.3. The first-order chi connectivity index (χ1) is 15.0. The highest BCUT2D eigenvalue weighted by atomic mass is 35.5. The summed E-state index contributed by atoms with van der Waals surface area (Å²) in [4.78, 5) is 29.0. The SMILES string of the molecule is CC(=O)Nc1ccc(Cl)cc1NC(=O)c1nc(-c2ccccc2)n(-c2ccccc2)n1. The zero-order valence-corrected chi connectivity index (χ0v) is 17.3. The van der Waals surface area contributed by atoms with E-state index in [0.29, 0.717) is 22.2 Å². The predicted octanol–water partition coefficient (Wildman–Crippen LogP) is 4.80. The van der Waals surface area contributed by atoms with Crippen molar-refractivity contribution in [1.82, 2.24) is 14.8 Å². The van der Waals surface area contributed by atoms with Gasteiger partial charge >= 0.3 is 0 Å². The highest BCUT2D eigenvalue weighted by Gasteiger charge is 2.20. The van der Waals surface area contributed by atoms with E-state index in [0.717, 1.165) is 11.3 Å². The number of carbonyl (C=O) groups is 2. The van der Waals surface area contributed by atoms with E-state index in [9.17, 15) is 9.59 Å². The van der Waals surface area contributed by atoms with Crippen molar-refractivity contribution in [1.29, 1.82) is 0 Å². The van der Waals surface area contributed by atoms with Crippen molar-refractivity contribution in [3.63, 3.8) is 0 Å². The van der Waals surface area contributed by atoms with Gasteiger partial charge in [-0.2, -0.15) is 0 Å². The number of benzene rings is 3. The lowest BCUT2D eigenvalue weighted by Gasteiger charge is -2.10. The Kier molecular flexibility index (Phi) is 5.77. The quantitative estimate of drug-likeness (QED) is 0.475. The molecule has 0 aliphatic rings. The first-order valence-electron chi connectivity index (χ1n) is 9.47. The fourth-order valence-corrected chi connectivity index (χ4v) is 3.20. The van der Waals surface area contributed by atoms with Crippen LogP contribution in [0.25, 0.3) is 17.1 Å². The molecule has 0 aliphatic heterocycles. The molecule has 0 radical (unpaired) electrons. The topological polar surface area (TPSA) is 88.9 Å². The molecule has 1 heterocycles. The number of halogens is 1. The van der Waals surface area contributed by atoms with Gasteiger partial charge in [-0.05, 0) is 30.3 Å². The molecule has 8 heteroatoms. The van der Waals surface area contributed by atoms with Gasteiger partial charge in [0.2, 0.25) is 11.7 Å². The van der Waals surface area contributed by atoms with Gasteiger partial charge in [-0.3, -0.25) is 9.59 Å². The summed E-state index contributed by atoms with van der Waals surface area (Å²) in [7, 11) is 0. The van der Waals surface area contributed by atoms with Gasteiger partial charge in [0.25, 0.3) is 5.91 Å². The molecule has 3 aromatic carbocycles. The summed E-state index contributed by atoms with van der Waals surface area (Å²) in [5, 5.41) is 10.3. The van der Waals surface area contributed by atoms with Gasteiger partial charge in [-0.15, -0.1) is 5.10 Å². The second-order valence-electron chi connectivity index (χ2n) is 6.70. The summed E-state index contributed by atoms with van der Waals surface area (Å²) in [5.74, 6) is -0.280. The molecule has 0 aliphatic carbocycles. The van der Waals surface area contributed by atoms with Crippen molar-refractivity contribution in [2.24, 2.45) is 0 Å². The summed E-state index contributed by atoms with van der Waals surface area (Å²) >= 11 is 6.07. The lowest BCUT2D eigenvalue weighted by molar-refractivity contribution is -0.114. The van der Waals surface area contributed by atoms with E-state index in [1.807, 2.05) is 60.7 Å². The van der Waals surface area contributed by atoms with Gasteiger partial charge < -0.3 is 10.6 Å². The van der Waals surface area contributed by atoms with Crippen LogP contribution >= 0.6 is 11.6 Å². The molecule has 31 heavy (non-hydrogen) atoms. The van der Waals surface area contributed by atoms with E-state index in [4.69, 9.17) is 11.6 Å². The van der Waals surface area contributed by atoms with E-state index < -0.39 is 5.91 Å². The first-order valence-corrected chi connectivity index (χ1v) is 9.85. The lowest BCUT2D eigenvalue weighted by atomic mass is 10.2. The number of hydrogen-bond donors (Lipinski definition) is 2. The molecular weight excluding hydrogens is 414 g/mol. The van der Waals surface area contributed by atoms with Crippen molar-refractivity contribution in [2.45, 2.75) is 6.92 Å². The minimum absolute atomic E-state index is 0.0172. The van der Waals surface area contributed by atoms with Crippen LogP contribution in [-0.2, 0) is 4.79 Å². The number of nitrogens with zero attached hydrogens (tertiary/aromatic N) is 3. The molecule has 2 amide bonds. The molecule has 0 fully saturated rings. The van der Waals surface area contributed by atoms with E-state index >= 15 is 0 Å². The maximum absolute atomic E-state index is 13.0. The van der Waals surface area contributed by atoms with Crippen LogP contribution in [0.3, 0.4) is 0 Å². The molecule has 0 bridgehead atoms. The summed E-state index contributed by atoms with van der Waals surface area (Å²) in [6, 6.07) is 23.7. The van der Waals surface area contributed by atoms with Crippen LogP contribution in [0.15, 0.2) is 78.9 Å². The minimum atomic E-state index is -0.527. The number of hydrogen-bond acceptors (Lipinski definition) is 4. The van der Waals surface area contributed by atoms with Crippen LogP contribution in [0.2, 0.25) is 5.02 Å². The average Bonchev–Trinajstić information content (AvgIpc) is 3.22. The normalized spacial score (nSPS) is 10.5. The second kappa shape index (κ2) is 8.81. The minimum Gasteiger partial charge on any atom is -0.325 e. The van der Waals surface area contributed by atoms with Crippen LogP contribution in [0, 0.1) is 0 Å². The van der Waals surface area contributed by atoms with Gasteiger partial charge in [0.15, 0.2) is 5.82 Å².